The standard InChI is InChI=1S/C21H17F3N2O3/c22-21(23,24)14-6-4-10-25(12-14)18(27)13-5-3-7-15(11-13)26-19(28)16-8-1-2-9-17(16)20(26)29/h1-3,5,7-9,11,14H,4,6,10,12H2/t14-/m0/s1. The molecule has 4 rings (SSSR count). The van der Waals surface area contributed by atoms with Gasteiger partial charge in [-0.05, 0) is 43.2 Å². The van der Waals surface area contributed by atoms with E-state index in [4.69, 9.17) is 0 Å². The van der Waals surface area contributed by atoms with E-state index >= 15 is 0 Å². The summed E-state index contributed by atoms with van der Waals surface area (Å²) in [6.07, 6.45) is -4.07. The monoisotopic (exact) mass is 402 g/mol. The molecule has 0 aliphatic carbocycles. The molecule has 0 N–H and O–H groups in total. The van der Waals surface area contributed by atoms with Gasteiger partial charge < -0.3 is 4.90 Å². The number of fused-ring (bicyclic) bond motifs is 1. The molecule has 0 radical (unpaired) electrons. The predicted molar refractivity (Wildman–Crippen MR) is 98.7 cm³/mol. The number of alkyl halides is 3. The van der Waals surface area contributed by atoms with Crippen LogP contribution in [0, 0.1) is 5.92 Å². The van der Waals surface area contributed by atoms with Gasteiger partial charge in [-0.25, -0.2) is 4.90 Å². The van der Waals surface area contributed by atoms with Gasteiger partial charge in [0.1, 0.15) is 0 Å². The lowest BCUT2D eigenvalue weighted by atomic mass is 9.97. The van der Waals surface area contributed by atoms with Crippen molar-refractivity contribution in [2.75, 3.05) is 18.0 Å². The van der Waals surface area contributed by atoms with Gasteiger partial charge in [0, 0.05) is 18.7 Å². The second kappa shape index (κ2) is 7.02. The molecule has 0 aromatic heterocycles. The summed E-state index contributed by atoms with van der Waals surface area (Å²) in [4.78, 5) is 40.2. The van der Waals surface area contributed by atoms with Gasteiger partial charge in [0.25, 0.3) is 17.7 Å². The maximum absolute atomic E-state index is 13.0. The number of piperidine rings is 1. The number of hydrogen-bond acceptors (Lipinski definition) is 3. The Morgan fingerprint density at radius 1 is 0.966 bits per heavy atom. The molecule has 1 saturated heterocycles. The number of carbonyl (C=O) groups excluding carboxylic acids is 3. The average molecular weight is 402 g/mol. The second-order valence-electron chi connectivity index (χ2n) is 7.17. The fourth-order valence-corrected chi connectivity index (χ4v) is 3.81. The third-order valence-corrected chi connectivity index (χ3v) is 5.32. The van der Waals surface area contributed by atoms with E-state index in [0.717, 1.165) is 4.90 Å². The summed E-state index contributed by atoms with van der Waals surface area (Å²) in [6.45, 7) is -0.151. The van der Waals surface area contributed by atoms with Gasteiger partial charge in [-0.3, -0.25) is 14.4 Å². The number of nitrogens with zero attached hydrogens (tertiary/aromatic N) is 2. The average Bonchev–Trinajstić information content (AvgIpc) is 2.98. The molecular formula is C21H17F3N2O3. The highest BCUT2D eigenvalue weighted by atomic mass is 19.4. The molecule has 2 aliphatic rings. The third kappa shape index (κ3) is 3.39. The fraction of sp³-hybridized carbons (Fsp3) is 0.286. The van der Waals surface area contributed by atoms with Crippen LogP contribution < -0.4 is 4.90 Å². The van der Waals surface area contributed by atoms with Crippen LogP contribution in [0.25, 0.3) is 0 Å². The molecule has 1 atom stereocenters. The Balaban J connectivity index is 1.59. The van der Waals surface area contributed by atoms with E-state index in [1.807, 2.05) is 0 Å². The van der Waals surface area contributed by atoms with E-state index in [2.05, 4.69) is 0 Å². The van der Waals surface area contributed by atoms with Crippen molar-refractivity contribution < 1.29 is 27.6 Å². The summed E-state index contributed by atoms with van der Waals surface area (Å²) in [7, 11) is 0. The van der Waals surface area contributed by atoms with E-state index in [0.29, 0.717) is 0 Å². The first kappa shape index (κ1) is 19.2. The summed E-state index contributed by atoms with van der Waals surface area (Å²) in [5, 5.41) is 0. The Labute approximate surface area is 164 Å². The summed E-state index contributed by atoms with van der Waals surface area (Å²) >= 11 is 0. The van der Waals surface area contributed by atoms with Crippen LogP contribution in [-0.2, 0) is 0 Å². The van der Waals surface area contributed by atoms with E-state index in [9.17, 15) is 27.6 Å². The van der Waals surface area contributed by atoms with Crippen molar-refractivity contribution >= 4 is 23.4 Å². The van der Waals surface area contributed by atoms with Crippen molar-refractivity contribution in [2.45, 2.75) is 19.0 Å². The summed E-state index contributed by atoms with van der Waals surface area (Å²) < 4.78 is 39.1. The molecule has 2 aliphatic heterocycles. The molecule has 8 heteroatoms. The second-order valence-corrected chi connectivity index (χ2v) is 7.17. The summed E-state index contributed by atoms with van der Waals surface area (Å²) in [5.41, 5.74) is 0.907. The molecule has 0 unspecified atom stereocenters. The van der Waals surface area contributed by atoms with Crippen LogP contribution in [0.1, 0.15) is 43.9 Å². The summed E-state index contributed by atoms with van der Waals surface area (Å²) in [5.74, 6) is -3.08. The number of carbonyl (C=O) groups is 3. The lowest BCUT2D eigenvalue weighted by Gasteiger charge is -2.33. The van der Waals surface area contributed by atoms with Crippen LogP contribution in [0.15, 0.2) is 48.5 Å². The minimum Gasteiger partial charge on any atom is -0.338 e. The number of halogens is 3. The molecule has 0 saturated carbocycles. The Kier molecular flexibility index (Phi) is 4.64. The first-order valence-corrected chi connectivity index (χ1v) is 9.21. The number of benzene rings is 2. The molecule has 2 heterocycles. The zero-order chi connectivity index (χ0) is 20.8. The largest absolute Gasteiger partial charge is 0.393 e. The normalized spacial score (nSPS) is 19.5. The van der Waals surface area contributed by atoms with Crippen LogP contribution in [0.4, 0.5) is 18.9 Å². The smallest absolute Gasteiger partial charge is 0.338 e. The van der Waals surface area contributed by atoms with E-state index in [1.54, 1.807) is 24.3 Å². The number of amides is 3. The summed E-state index contributed by atoms with van der Waals surface area (Å²) in [6, 6.07) is 12.3. The topological polar surface area (TPSA) is 57.7 Å². The minimum atomic E-state index is -4.35. The number of anilines is 1. The molecule has 29 heavy (non-hydrogen) atoms. The quantitative estimate of drug-likeness (QED) is 0.716. The Morgan fingerprint density at radius 3 is 2.24 bits per heavy atom. The molecule has 0 spiro atoms. The number of hydrogen-bond donors (Lipinski definition) is 0. The molecule has 2 aromatic carbocycles. The van der Waals surface area contributed by atoms with Gasteiger partial charge >= 0.3 is 6.18 Å². The Bertz CT molecular complexity index is 968. The first-order valence-electron chi connectivity index (χ1n) is 9.21. The first-order chi connectivity index (χ1) is 13.8. The third-order valence-electron chi connectivity index (χ3n) is 5.32. The van der Waals surface area contributed by atoms with Gasteiger partial charge in [-0.1, -0.05) is 18.2 Å². The van der Waals surface area contributed by atoms with Crippen molar-refractivity contribution in [1.29, 1.82) is 0 Å². The highest BCUT2D eigenvalue weighted by Gasteiger charge is 2.43. The Morgan fingerprint density at radius 2 is 1.62 bits per heavy atom. The van der Waals surface area contributed by atoms with Crippen molar-refractivity contribution in [2.24, 2.45) is 5.92 Å². The van der Waals surface area contributed by atoms with Gasteiger partial charge in [-0.2, -0.15) is 13.2 Å². The SMILES string of the molecule is O=C(c1cccc(N2C(=O)c3ccccc3C2=O)c1)N1CCC[C@H](C(F)(F)F)C1. The molecule has 3 amide bonds. The van der Waals surface area contributed by atoms with E-state index in [-0.39, 0.29) is 48.3 Å². The molecule has 150 valence electrons. The van der Waals surface area contributed by atoms with Crippen LogP contribution >= 0.6 is 0 Å². The van der Waals surface area contributed by atoms with E-state index < -0.39 is 29.8 Å². The van der Waals surface area contributed by atoms with Crippen LogP contribution in [0.2, 0.25) is 0 Å². The number of imide groups is 1. The van der Waals surface area contributed by atoms with Crippen molar-refractivity contribution in [1.82, 2.24) is 4.90 Å². The minimum absolute atomic E-state index is 0.00234. The van der Waals surface area contributed by atoms with Crippen LogP contribution in [-0.4, -0.2) is 41.9 Å². The van der Waals surface area contributed by atoms with Crippen molar-refractivity contribution in [3.05, 3.63) is 65.2 Å². The van der Waals surface area contributed by atoms with Gasteiger partial charge in [-0.15, -0.1) is 0 Å². The highest BCUT2D eigenvalue weighted by molar-refractivity contribution is 6.34. The lowest BCUT2D eigenvalue weighted by molar-refractivity contribution is -0.184. The van der Waals surface area contributed by atoms with Crippen molar-refractivity contribution in [3.8, 4) is 0 Å². The number of likely N-dealkylation sites (tertiary alicyclic amines) is 1. The van der Waals surface area contributed by atoms with Gasteiger partial charge in [0.2, 0.25) is 0 Å². The van der Waals surface area contributed by atoms with E-state index in [1.165, 1.54) is 29.2 Å². The zero-order valence-corrected chi connectivity index (χ0v) is 15.3. The van der Waals surface area contributed by atoms with Crippen LogP contribution in [0.3, 0.4) is 0 Å². The molecule has 5 nitrogen and oxygen atoms in total. The molecule has 2 aromatic rings. The lowest BCUT2D eigenvalue weighted by Crippen LogP contribution is -2.44. The fourth-order valence-electron chi connectivity index (χ4n) is 3.81. The Hall–Kier alpha value is -3.16. The number of rotatable bonds is 2. The van der Waals surface area contributed by atoms with Gasteiger partial charge in [0.05, 0.1) is 22.7 Å². The molecular weight excluding hydrogens is 385 g/mol. The van der Waals surface area contributed by atoms with Gasteiger partial charge in [0.15, 0.2) is 0 Å². The molecule has 0 bridgehead atoms. The predicted octanol–water partition coefficient (Wildman–Crippen LogP) is 3.90. The zero-order valence-electron chi connectivity index (χ0n) is 15.3. The highest BCUT2D eigenvalue weighted by Crippen LogP contribution is 2.34. The van der Waals surface area contributed by atoms with Crippen LogP contribution in [0.5, 0.6) is 0 Å². The van der Waals surface area contributed by atoms with Crippen molar-refractivity contribution in [3.63, 3.8) is 0 Å². The maximum Gasteiger partial charge on any atom is 0.393 e. The molecule has 1 fully saturated rings. The maximum atomic E-state index is 13.0.